The molecule has 0 aliphatic carbocycles. The number of anilines is 4. The van der Waals surface area contributed by atoms with Crippen molar-refractivity contribution in [1.82, 2.24) is 29.8 Å². The van der Waals surface area contributed by atoms with Crippen LogP contribution in [-0.2, 0) is 0 Å². The minimum Gasteiger partial charge on any atom is -0.490 e. The summed E-state index contributed by atoms with van der Waals surface area (Å²) in [6.07, 6.45) is 4.67. The fourth-order valence-electron chi connectivity index (χ4n) is 3.26. The Morgan fingerprint density at radius 2 is 1.41 bits per heavy atom. The van der Waals surface area contributed by atoms with Gasteiger partial charge in [0.05, 0.1) is 12.8 Å². The zero-order valence-electron chi connectivity index (χ0n) is 19.9. The van der Waals surface area contributed by atoms with E-state index in [1.807, 2.05) is 79.7 Å². The molecule has 11 heteroatoms. The number of para-hydroxylation sites is 2. The standard InChI is InChI=1S/C26H23N9O2/c1-2-36-23-15-19(16-29-35-17-27-28-18-35)13-14-22(23)37-26-33-24(30-20-9-5-3-6-10-20)32-25(34-26)31-21-11-7-4-8-12-21/h3-18H,2H2,1H3,(H2,30,31,32,33,34)/b29-16-. The van der Waals surface area contributed by atoms with Crippen LogP contribution in [0.25, 0.3) is 0 Å². The van der Waals surface area contributed by atoms with Crippen LogP contribution in [0.5, 0.6) is 17.5 Å². The quantitative estimate of drug-likeness (QED) is 0.258. The molecule has 0 aliphatic heterocycles. The second kappa shape index (κ2) is 11.4. The average molecular weight is 494 g/mol. The number of ether oxygens (including phenoxy) is 2. The highest BCUT2D eigenvalue weighted by Crippen LogP contribution is 2.32. The summed E-state index contributed by atoms with van der Waals surface area (Å²) in [5, 5.41) is 18.1. The first-order valence-electron chi connectivity index (χ1n) is 11.5. The lowest BCUT2D eigenvalue weighted by Crippen LogP contribution is -2.06. The van der Waals surface area contributed by atoms with Crippen LogP contribution in [0.2, 0.25) is 0 Å². The van der Waals surface area contributed by atoms with Crippen LogP contribution in [0.15, 0.2) is 96.6 Å². The maximum Gasteiger partial charge on any atom is 0.328 e. The van der Waals surface area contributed by atoms with Gasteiger partial charge in [-0.25, -0.2) is 4.68 Å². The van der Waals surface area contributed by atoms with Gasteiger partial charge in [0.25, 0.3) is 0 Å². The van der Waals surface area contributed by atoms with Crippen molar-refractivity contribution in [3.05, 3.63) is 97.1 Å². The molecule has 3 aromatic carbocycles. The van der Waals surface area contributed by atoms with Gasteiger partial charge in [-0.3, -0.25) is 0 Å². The van der Waals surface area contributed by atoms with Crippen molar-refractivity contribution in [2.75, 3.05) is 17.2 Å². The van der Waals surface area contributed by atoms with E-state index in [0.717, 1.165) is 16.9 Å². The summed E-state index contributed by atoms with van der Waals surface area (Å²) in [5.41, 5.74) is 2.46. The van der Waals surface area contributed by atoms with E-state index in [1.54, 1.807) is 12.3 Å². The Kier molecular flexibility index (Phi) is 7.22. The SMILES string of the molecule is CCOc1cc(/C=N\n2cnnc2)ccc1Oc1nc(Nc2ccccc2)nc(Nc2ccccc2)n1. The molecular formula is C26H23N9O2. The molecule has 11 nitrogen and oxygen atoms in total. The molecule has 0 saturated heterocycles. The Hall–Kier alpha value is -5.32. The molecule has 2 N–H and O–H groups in total. The summed E-state index contributed by atoms with van der Waals surface area (Å²) in [5.74, 6) is 1.62. The fourth-order valence-corrected chi connectivity index (χ4v) is 3.26. The van der Waals surface area contributed by atoms with Crippen molar-refractivity contribution in [1.29, 1.82) is 0 Å². The highest BCUT2D eigenvalue weighted by atomic mass is 16.5. The maximum absolute atomic E-state index is 6.09. The van der Waals surface area contributed by atoms with Crippen LogP contribution < -0.4 is 20.1 Å². The van der Waals surface area contributed by atoms with Crippen molar-refractivity contribution in [2.24, 2.45) is 5.10 Å². The van der Waals surface area contributed by atoms with Gasteiger partial charge < -0.3 is 20.1 Å². The summed E-state index contributed by atoms with van der Waals surface area (Å²) >= 11 is 0. The van der Waals surface area contributed by atoms with Crippen LogP contribution in [-0.4, -0.2) is 42.6 Å². The van der Waals surface area contributed by atoms with E-state index in [2.05, 4.69) is 40.9 Å². The van der Waals surface area contributed by atoms with Crippen molar-refractivity contribution >= 4 is 29.5 Å². The smallest absolute Gasteiger partial charge is 0.328 e. The molecule has 0 atom stereocenters. The third-order valence-electron chi connectivity index (χ3n) is 4.89. The first-order chi connectivity index (χ1) is 18.2. The molecule has 0 fully saturated rings. The fraction of sp³-hybridized carbons (Fsp3) is 0.0769. The van der Waals surface area contributed by atoms with Gasteiger partial charge in [0.1, 0.15) is 12.7 Å². The Morgan fingerprint density at radius 1 is 0.784 bits per heavy atom. The monoisotopic (exact) mass is 493 g/mol. The van der Waals surface area contributed by atoms with Crippen molar-refractivity contribution in [3.8, 4) is 17.5 Å². The summed E-state index contributed by atoms with van der Waals surface area (Å²) in [6, 6.07) is 24.8. The van der Waals surface area contributed by atoms with Gasteiger partial charge >= 0.3 is 6.01 Å². The van der Waals surface area contributed by atoms with Crippen LogP contribution in [0.4, 0.5) is 23.3 Å². The number of hydrogen-bond donors (Lipinski definition) is 2. The molecule has 2 aromatic heterocycles. The van der Waals surface area contributed by atoms with Gasteiger partial charge in [0.2, 0.25) is 11.9 Å². The highest BCUT2D eigenvalue weighted by Gasteiger charge is 2.13. The molecule has 2 heterocycles. The third-order valence-corrected chi connectivity index (χ3v) is 4.89. The largest absolute Gasteiger partial charge is 0.490 e. The molecule has 0 amide bonds. The summed E-state index contributed by atoms with van der Waals surface area (Å²) in [6.45, 7) is 2.34. The summed E-state index contributed by atoms with van der Waals surface area (Å²) in [4.78, 5) is 13.4. The van der Waals surface area contributed by atoms with Gasteiger partial charge in [-0.05, 0) is 55.0 Å². The Balaban J connectivity index is 1.44. The van der Waals surface area contributed by atoms with Crippen molar-refractivity contribution in [3.63, 3.8) is 0 Å². The summed E-state index contributed by atoms with van der Waals surface area (Å²) in [7, 11) is 0. The zero-order valence-corrected chi connectivity index (χ0v) is 19.9. The lowest BCUT2D eigenvalue weighted by Gasteiger charge is -2.13. The summed E-state index contributed by atoms with van der Waals surface area (Å²) < 4.78 is 13.4. The molecule has 0 aliphatic rings. The lowest BCUT2D eigenvalue weighted by atomic mass is 10.2. The predicted molar refractivity (Wildman–Crippen MR) is 140 cm³/mol. The van der Waals surface area contributed by atoms with Gasteiger partial charge in [-0.1, -0.05) is 36.4 Å². The molecule has 184 valence electrons. The predicted octanol–water partition coefficient (Wildman–Crippen LogP) is 5.02. The molecule has 37 heavy (non-hydrogen) atoms. The van der Waals surface area contributed by atoms with Gasteiger partial charge in [-0.2, -0.15) is 20.1 Å². The Bertz CT molecular complexity index is 1400. The molecular weight excluding hydrogens is 470 g/mol. The molecule has 5 rings (SSSR count). The molecule has 0 saturated carbocycles. The van der Waals surface area contributed by atoms with Crippen LogP contribution >= 0.6 is 0 Å². The van der Waals surface area contributed by atoms with Crippen LogP contribution in [0.3, 0.4) is 0 Å². The topological polar surface area (TPSA) is 124 Å². The Labute approximate surface area is 212 Å². The van der Waals surface area contributed by atoms with Gasteiger partial charge in [0, 0.05) is 11.4 Å². The lowest BCUT2D eigenvalue weighted by molar-refractivity contribution is 0.317. The minimum atomic E-state index is 0.0960. The second-order valence-corrected chi connectivity index (χ2v) is 7.57. The van der Waals surface area contributed by atoms with Crippen molar-refractivity contribution < 1.29 is 9.47 Å². The van der Waals surface area contributed by atoms with Gasteiger partial charge in [-0.15, -0.1) is 10.2 Å². The molecule has 5 aromatic rings. The van der Waals surface area contributed by atoms with E-state index >= 15 is 0 Å². The Morgan fingerprint density at radius 3 is 2.00 bits per heavy atom. The third kappa shape index (κ3) is 6.42. The van der Waals surface area contributed by atoms with Crippen molar-refractivity contribution in [2.45, 2.75) is 6.92 Å². The van der Waals surface area contributed by atoms with E-state index in [4.69, 9.17) is 9.47 Å². The van der Waals surface area contributed by atoms with Gasteiger partial charge in [0.15, 0.2) is 11.5 Å². The molecule has 0 spiro atoms. The molecule has 0 radical (unpaired) electrons. The maximum atomic E-state index is 6.09. The number of benzene rings is 3. The normalized spacial score (nSPS) is 10.8. The number of hydrogen-bond acceptors (Lipinski definition) is 10. The molecule has 0 unspecified atom stereocenters. The average Bonchev–Trinajstić information content (AvgIpc) is 3.44. The van der Waals surface area contributed by atoms with Crippen LogP contribution in [0.1, 0.15) is 12.5 Å². The first kappa shape index (κ1) is 23.4. The highest BCUT2D eigenvalue weighted by molar-refractivity contribution is 5.80. The van der Waals surface area contributed by atoms with E-state index in [1.165, 1.54) is 17.3 Å². The van der Waals surface area contributed by atoms with E-state index < -0.39 is 0 Å². The van der Waals surface area contributed by atoms with Crippen LogP contribution in [0, 0.1) is 0 Å². The number of nitrogens with one attached hydrogen (secondary N) is 2. The zero-order chi connectivity index (χ0) is 25.3. The van der Waals surface area contributed by atoms with E-state index in [9.17, 15) is 0 Å². The van der Waals surface area contributed by atoms with E-state index in [-0.39, 0.29) is 6.01 Å². The second-order valence-electron chi connectivity index (χ2n) is 7.57. The minimum absolute atomic E-state index is 0.0960. The molecule has 0 bridgehead atoms. The van der Waals surface area contributed by atoms with E-state index in [0.29, 0.717) is 30.0 Å². The first-order valence-corrected chi connectivity index (χ1v) is 11.5. The number of rotatable bonds is 10. The number of nitrogens with zero attached hydrogens (tertiary/aromatic N) is 7. The number of aromatic nitrogens is 6.